The minimum Gasteiger partial charge on any atom is -0.311 e. The predicted octanol–water partition coefficient (Wildman–Crippen LogP) is 3.97. The first-order chi connectivity index (χ1) is 9.49. The monoisotopic (exact) mass is 332 g/mol. The molecule has 0 atom stereocenters. The maximum absolute atomic E-state index is 6.20. The Kier molecular flexibility index (Phi) is 5.27. The molecule has 20 heavy (non-hydrogen) atoms. The fourth-order valence-corrected chi connectivity index (χ4v) is 2.36. The Morgan fingerprint density at radius 2 is 1.85 bits per heavy atom. The van der Waals surface area contributed by atoms with Crippen molar-refractivity contribution in [1.29, 1.82) is 0 Å². The van der Waals surface area contributed by atoms with Crippen LogP contribution in [0.1, 0.15) is 19.5 Å². The second kappa shape index (κ2) is 6.76. The van der Waals surface area contributed by atoms with Crippen LogP contribution in [0.4, 0.5) is 0 Å². The van der Waals surface area contributed by atoms with E-state index in [-0.39, 0.29) is 0 Å². The molecular weight excluding hydrogens is 319 g/mol. The van der Waals surface area contributed by atoms with Crippen molar-refractivity contribution in [2.24, 2.45) is 5.92 Å². The number of aromatic nitrogens is 3. The number of nitrogens with one attached hydrogen (secondary N) is 1. The van der Waals surface area contributed by atoms with Crippen LogP contribution < -0.4 is 5.32 Å². The first-order valence-corrected chi connectivity index (χ1v) is 7.37. The first kappa shape index (κ1) is 15.6. The van der Waals surface area contributed by atoms with Crippen LogP contribution in [-0.4, -0.2) is 21.5 Å². The van der Waals surface area contributed by atoms with Crippen LogP contribution >= 0.6 is 34.8 Å². The minimum atomic E-state index is 0.417. The van der Waals surface area contributed by atoms with E-state index in [0.717, 1.165) is 12.2 Å². The Hall–Kier alpha value is -0.810. The lowest BCUT2D eigenvalue weighted by molar-refractivity contribution is 0.542. The van der Waals surface area contributed by atoms with E-state index < -0.39 is 0 Å². The molecule has 0 aliphatic rings. The molecule has 1 N–H and O–H groups in total. The van der Waals surface area contributed by atoms with E-state index >= 15 is 0 Å². The van der Waals surface area contributed by atoms with Crippen LogP contribution in [0.3, 0.4) is 0 Å². The lowest BCUT2D eigenvalue weighted by Gasteiger charge is -2.11. The molecule has 108 valence electrons. The van der Waals surface area contributed by atoms with Gasteiger partial charge in [-0.2, -0.15) is 0 Å². The van der Waals surface area contributed by atoms with Gasteiger partial charge in [0.2, 0.25) is 0 Å². The third-order valence-corrected chi connectivity index (χ3v) is 3.72. The molecule has 2 aromatic rings. The van der Waals surface area contributed by atoms with Gasteiger partial charge in [-0.1, -0.05) is 53.9 Å². The highest BCUT2D eigenvalue weighted by Gasteiger charge is 2.12. The maximum Gasteiger partial charge on any atom is 0.0869 e. The normalized spacial score (nSPS) is 11.3. The molecule has 0 aliphatic carbocycles. The van der Waals surface area contributed by atoms with E-state index in [1.807, 2.05) is 0 Å². The Bertz CT molecular complexity index is 595. The second-order valence-electron chi connectivity index (χ2n) is 4.88. The van der Waals surface area contributed by atoms with Crippen LogP contribution in [0.15, 0.2) is 18.3 Å². The third kappa shape index (κ3) is 3.64. The van der Waals surface area contributed by atoms with Gasteiger partial charge in [0.25, 0.3) is 0 Å². The molecule has 1 aromatic heterocycles. The zero-order chi connectivity index (χ0) is 14.7. The fourth-order valence-electron chi connectivity index (χ4n) is 1.74. The molecule has 1 heterocycles. The molecule has 0 bridgehead atoms. The van der Waals surface area contributed by atoms with Gasteiger partial charge in [0.15, 0.2) is 0 Å². The summed E-state index contributed by atoms with van der Waals surface area (Å²) in [6, 6.07) is 3.29. The van der Waals surface area contributed by atoms with Crippen LogP contribution in [-0.2, 0) is 6.54 Å². The first-order valence-electron chi connectivity index (χ1n) is 6.24. The highest BCUT2D eigenvalue weighted by atomic mass is 35.5. The van der Waals surface area contributed by atoms with Gasteiger partial charge in [-0.05, 0) is 24.6 Å². The van der Waals surface area contributed by atoms with E-state index in [9.17, 15) is 0 Å². The summed E-state index contributed by atoms with van der Waals surface area (Å²) in [6.45, 7) is 5.87. The quantitative estimate of drug-likeness (QED) is 0.842. The van der Waals surface area contributed by atoms with Gasteiger partial charge in [-0.15, -0.1) is 5.10 Å². The molecule has 0 saturated heterocycles. The largest absolute Gasteiger partial charge is 0.311 e. The molecule has 0 radical (unpaired) electrons. The lowest BCUT2D eigenvalue weighted by Crippen LogP contribution is -2.20. The average molecular weight is 334 g/mol. The van der Waals surface area contributed by atoms with Crippen molar-refractivity contribution in [2.45, 2.75) is 20.4 Å². The number of benzene rings is 1. The summed E-state index contributed by atoms with van der Waals surface area (Å²) >= 11 is 18.2. The molecule has 2 rings (SSSR count). The van der Waals surface area contributed by atoms with Crippen molar-refractivity contribution in [1.82, 2.24) is 20.3 Å². The van der Waals surface area contributed by atoms with E-state index in [1.165, 1.54) is 0 Å². The van der Waals surface area contributed by atoms with Crippen molar-refractivity contribution in [3.05, 3.63) is 39.1 Å². The number of hydrogen-bond donors (Lipinski definition) is 1. The molecule has 7 heteroatoms. The van der Waals surface area contributed by atoms with Crippen molar-refractivity contribution < 1.29 is 0 Å². The zero-order valence-corrected chi connectivity index (χ0v) is 13.5. The molecule has 1 aromatic carbocycles. The smallest absolute Gasteiger partial charge is 0.0869 e. The summed E-state index contributed by atoms with van der Waals surface area (Å²) in [5.74, 6) is 0.577. The molecule has 0 amide bonds. The second-order valence-corrected chi connectivity index (χ2v) is 6.10. The third-order valence-electron chi connectivity index (χ3n) is 2.70. The van der Waals surface area contributed by atoms with Crippen LogP contribution in [0, 0.1) is 5.92 Å². The van der Waals surface area contributed by atoms with E-state index in [0.29, 0.717) is 33.2 Å². The van der Waals surface area contributed by atoms with Crippen molar-refractivity contribution in [3.63, 3.8) is 0 Å². The number of nitrogens with zero attached hydrogens (tertiary/aromatic N) is 3. The Labute approximate surface area is 133 Å². The van der Waals surface area contributed by atoms with Gasteiger partial charge in [-0.25, -0.2) is 4.68 Å². The average Bonchev–Trinajstić information content (AvgIpc) is 2.81. The summed E-state index contributed by atoms with van der Waals surface area (Å²) in [5.41, 5.74) is 1.57. The highest BCUT2D eigenvalue weighted by molar-refractivity contribution is 6.43. The van der Waals surface area contributed by atoms with Gasteiger partial charge in [0, 0.05) is 6.54 Å². The topological polar surface area (TPSA) is 42.7 Å². The summed E-state index contributed by atoms with van der Waals surface area (Å²) in [4.78, 5) is 0. The van der Waals surface area contributed by atoms with E-state index in [2.05, 4.69) is 29.5 Å². The number of rotatable bonds is 5. The van der Waals surface area contributed by atoms with Gasteiger partial charge in [0.05, 0.1) is 32.6 Å². The number of halogens is 3. The molecule has 0 unspecified atom stereocenters. The zero-order valence-electron chi connectivity index (χ0n) is 11.2. The van der Waals surface area contributed by atoms with Crippen LogP contribution in [0.25, 0.3) is 5.69 Å². The Morgan fingerprint density at radius 1 is 1.15 bits per heavy atom. The van der Waals surface area contributed by atoms with Crippen molar-refractivity contribution in [3.8, 4) is 5.69 Å². The summed E-state index contributed by atoms with van der Waals surface area (Å²) in [5, 5.41) is 12.7. The van der Waals surface area contributed by atoms with E-state index in [4.69, 9.17) is 34.8 Å². The minimum absolute atomic E-state index is 0.417. The molecule has 0 fully saturated rings. The van der Waals surface area contributed by atoms with E-state index in [1.54, 1.807) is 23.0 Å². The molecule has 0 saturated carbocycles. The van der Waals surface area contributed by atoms with Gasteiger partial charge in [-0.3, -0.25) is 0 Å². The fraction of sp³-hybridized carbons (Fsp3) is 0.385. The number of hydrogen-bond acceptors (Lipinski definition) is 3. The predicted molar refractivity (Wildman–Crippen MR) is 82.9 cm³/mol. The van der Waals surface area contributed by atoms with Crippen LogP contribution in [0.5, 0.6) is 0 Å². The Morgan fingerprint density at radius 3 is 2.55 bits per heavy atom. The molecule has 0 aliphatic heterocycles. The van der Waals surface area contributed by atoms with Crippen LogP contribution in [0.2, 0.25) is 15.1 Å². The van der Waals surface area contributed by atoms with Crippen molar-refractivity contribution >= 4 is 34.8 Å². The van der Waals surface area contributed by atoms with Crippen molar-refractivity contribution in [2.75, 3.05) is 6.54 Å². The highest BCUT2D eigenvalue weighted by Crippen LogP contribution is 2.31. The lowest BCUT2D eigenvalue weighted by atomic mass is 10.2. The molecule has 0 spiro atoms. The summed E-state index contributed by atoms with van der Waals surface area (Å²) in [7, 11) is 0. The standard InChI is InChI=1S/C13H15Cl3N4/c1-8(2)5-17-6-9-7-18-19-20(9)13-4-11(15)10(14)3-12(13)16/h3-4,7-8,17H,5-6H2,1-2H3. The summed E-state index contributed by atoms with van der Waals surface area (Å²) in [6.07, 6.45) is 1.70. The summed E-state index contributed by atoms with van der Waals surface area (Å²) < 4.78 is 1.66. The van der Waals surface area contributed by atoms with Gasteiger partial charge >= 0.3 is 0 Å². The molecular formula is C13H15Cl3N4. The van der Waals surface area contributed by atoms with Gasteiger partial charge < -0.3 is 5.32 Å². The maximum atomic E-state index is 6.20. The SMILES string of the molecule is CC(C)CNCc1cnnn1-c1cc(Cl)c(Cl)cc1Cl. The van der Waals surface area contributed by atoms with Gasteiger partial charge in [0.1, 0.15) is 0 Å². The molecule has 4 nitrogen and oxygen atoms in total. The Balaban J connectivity index is 2.25.